The number of anilines is 1. The highest BCUT2D eigenvalue weighted by molar-refractivity contribution is 6.51. The molecule has 1 N–H and O–H groups in total. The van der Waals surface area contributed by atoms with Crippen LogP contribution in [0.5, 0.6) is 5.75 Å². The largest absolute Gasteiger partial charge is 0.507 e. The highest BCUT2D eigenvalue weighted by atomic mass is 16.5. The first-order chi connectivity index (χ1) is 17.7. The van der Waals surface area contributed by atoms with Gasteiger partial charge in [0.15, 0.2) is 0 Å². The zero-order valence-corrected chi connectivity index (χ0v) is 21.5. The molecule has 1 unspecified atom stereocenters. The number of ether oxygens (including phenoxy) is 2. The molecule has 4 rings (SSSR count). The van der Waals surface area contributed by atoms with E-state index in [1.165, 1.54) is 19.1 Å². The van der Waals surface area contributed by atoms with Gasteiger partial charge in [0.25, 0.3) is 11.7 Å². The van der Waals surface area contributed by atoms with Crippen LogP contribution in [0.4, 0.5) is 5.69 Å². The molecule has 0 bridgehead atoms. The van der Waals surface area contributed by atoms with Gasteiger partial charge in [0.2, 0.25) is 0 Å². The molecule has 7 heteroatoms. The molecule has 7 nitrogen and oxygen atoms in total. The van der Waals surface area contributed by atoms with Crippen LogP contribution in [0.3, 0.4) is 0 Å². The van der Waals surface area contributed by atoms with Gasteiger partial charge in [-0.1, -0.05) is 42.5 Å². The fraction of sp³-hybridized carbons (Fsp3) is 0.233. The molecule has 37 heavy (non-hydrogen) atoms. The third kappa shape index (κ3) is 4.72. The Morgan fingerprint density at radius 1 is 0.946 bits per heavy atom. The van der Waals surface area contributed by atoms with Gasteiger partial charge in [-0.25, -0.2) is 0 Å². The molecule has 0 radical (unpaired) electrons. The lowest BCUT2D eigenvalue weighted by atomic mass is 9.91. The van der Waals surface area contributed by atoms with Crippen LogP contribution in [0.25, 0.3) is 5.76 Å². The van der Waals surface area contributed by atoms with Crippen LogP contribution in [0, 0.1) is 20.8 Å². The number of aryl methyl sites for hydroxylation is 3. The van der Waals surface area contributed by atoms with Crippen LogP contribution in [-0.2, 0) is 25.5 Å². The van der Waals surface area contributed by atoms with Crippen molar-refractivity contribution in [1.82, 2.24) is 0 Å². The maximum atomic E-state index is 13.5. The summed E-state index contributed by atoms with van der Waals surface area (Å²) in [5, 5.41) is 11.6. The average molecular weight is 500 g/mol. The third-order valence-electron chi connectivity index (χ3n) is 6.60. The number of methoxy groups -OCH3 is 2. The summed E-state index contributed by atoms with van der Waals surface area (Å²) >= 11 is 0. The van der Waals surface area contributed by atoms with Crippen LogP contribution in [0.2, 0.25) is 0 Å². The number of ketones is 1. The van der Waals surface area contributed by atoms with Crippen molar-refractivity contribution in [2.24, 2.45) is 0 Å². The van der Waals surface area contributed by atoms with Gasteiger partial charge in [-0.05, 0) is 66.8 Å². The van der Waals surface area contributed by atoms with E-state index in [2.05, 4.69) is 0 Å². The van der Waals surface area contributed by atoms with E-state index >= 15 is 0 Å². The average Bonchev–Trinajstić information content (AvgIpc) is 3.14. The molecule has 3 aromatic rings. The first kappa shape index (κ1) is 25.7. The lowest BCUT2D eigenvalue weighted by Crippen LogP contribution is -2.29. The Morgan fingerprint density at radius 3 is 2.24 bits per heavy atom. The Morgan fingerprint density at radius 2 is 1.62 bits per heavy atom. The molecule has 1 amide bonds. The van der Waals surface area contributed by atoms with E-state index in [0.717, 1.165) is 16.7 Å². The van der Waals surface area contributed by atoms with Crippen molar-refractivity contribution in [3.63, 3.8) is 0 Å². The Labute approximate surface area is 215 Å². The van der Waals surface area contributed by atoms with Crippen molar-refractivity contribution in [1.29, 1.82) is 0 Å². The van der Waals surface area contributed by atoms with Crippen LogP contribution in [0.1, 0.15) is 39.4 Å². The Kier molecular flexibility index (Phi) is 7.16. The molecule has 0 aromatic heterocycles. The lowest BCUT2D eigenvalue weighted by molar-refractivity contribution is -0.139. The zero-order chi connectivity index (χ0) is 26.9. The van der Waals surface area contributed by atoms with E-state index in [1.54, 1.807) is 30.3 Å². The lowest BCUT2D eigenvalue weighted by Gasteiger charge is -2.27. The van der Waals surface area contributed by atoms with Gasteiger partial charge in [0, 0.05) is 5.69 Å². The zero-order valence-electron chi connectivity index (χ0n) is 21.5. The SMILES string of the molecule is COC(=O)Cc1ccc(N2C(=O)C(=O)/C(=C(/O)c3cc(C)cc(C)c3OC)C2c2ccccc2C)cc1. The minimum Gasteiger partial charge on any atom is -0.507 e. The monoisotopic (exact) mass is 499 g/mol. The molecule has 1 fully saturated rings. The molecule has 1 saturated heterocycles. The summed E-state index contributed by atoms with van der Waals surface area (Å²) in [4.78, 5) is 40.0. The number of rotatable bonds is 6. The van der Waals surface area contributed by atoms with E-state index in [-0.39, 0.29) is 23.7 Å². The second kappa shape index (κ2) is 10.3. The number of hydrogen-bond acceptors (Lipinski definition) is 6. The highest BCUT2D eigenvalue weighted by Crippen LogP contribution is 2.44. The number of esters is 1. The smallest absolute Gasteiger partial charge is 0.309 e. The second-order valence-corrected chi connectivity index (χ2v) is 9.11. The summed E-state index contributed by atoms with van der Waals surface area (Å²) in [5.74, 6) is -1.77. The summed E-state index contributed by atoms with van der Waals surface area (Å²) in [6.07, 6.45) is 0.0866. The van der Waals surface area contributed by atoms with Crippen molar-refractivity contribution in [3.8, 4) is 5.75 Å². The first-order valence-corrected chi connectivity index (χ1v) is 11.9. The molecule has 1 aliphatic rings. The Balaban J connectivity index is 1.93. The molecular weight excluding hydrogens is 470 g/mol. The predicted octanol–water partition coefficient (Wildman–Crippen LogP) is 4.96. The number of aliphatic hydroxyl groups excluding tert-OH is 1. The van der Waals surface area contributed by atoms with E-state index in [4.69, 9.17) is 9.47 Å². The summed E-state index contributed by atoms with van der Waals surface area (Å²) in [5.41, 5.74) is 4.76. The molecule has 1 heterocycles. The van der Waals surface area contributed by atoms with Crippen LogP contribution < -0.4 is 9.64 Å². The minimum absolute atomic E-state index is 0.0127. The molecule has 190 valence electrons. The summed E-state index contributed by atoms with van der Waals surface area (Å²) in [6.45, 7) is 5.64. The molecule has 0 saturated carbocycles. The summed E-state index contributed by atoms with van der Waals surface area (Å²) < 4.78 is 10.3. The number of carbonyl (C=O) groups is 3. The van der Waals surface area contributed by atoms with Crippen molar-refractivity contribution in [2.45, 2.75) is 33.2 Å². The Hall–Kier alpha value is -4.39. The molecular formula is C30H29NO6. The number of Topliss-reactive ketones (excluding diaryl/α,β-unsaturated/α-hetero) is 1. The van der Waals surface area contributed by atoms with Crippen molar-refractivity contribution in [3.05, 3.63) is 99.6 Å². The maximum Gasteiger partial charge on any atom is 0.309 e. The summed E-state index contributed by atoms with van der Waals surface area (Å²) in [7, 11) is 2.82. The Bertz CT molecular complexity index is 1420. The molecule has 1 aliphatic heterocycles. The number of hydrogen-bond donors (Lipinski definition) is 1. The number of nitrogens with zero attached hydrogens (tertiary/aromatic N) is 1. The van der Waals surface area contributed by atoms with Crippen LogP contribution in [-0.4, -0.2) is 37.0 Å². The number of benzene rings is 3. The number of amides is 1. The minimum atomic E-state index is -0.863. The van der Waals surface area contributed by atoms with E-state index in [9.17, 15) is 19.5 Å². The molecule has 0 spiro atoms. The third-order valence-corrected chi connectivity index (χ3v) is 6.60. The fourth-order valence-corrected chi connectivity index (χ4v) is 4.85. The van der Waals surface area contributed by atoms with Crippen molar-refractivity contribution < 1.29 is 29.0 Å². The van der Waals surface area contributed by atoms with Gasteiger partial charge in [-0.15, -0.1) is 0 Å². The van der Waals surface area contributed by atoms with Gasteiger partial charge in [0.05, 0.1) is 37.8 Å². The predicted molar refractivity (Wildman–Crippen MR) is 141 cm³/mol. The summed E-state index contributed by atoms with van der Waals surface area (Å²) in [6, 6.07) is 17.0. The van der Waals surface area contributed by atoms with Crippen LogP contribution in [0.15, 0.2) is 66.2 Å². The number of carbonyl (C=O) groups excluding carboxylic acids is 3. The van der Waals surface area contributed by atoms with E-state index < -0.39 is 17.7 Å². The second-order valence-electron chi connectivity index (χ2n) is 9.11. The maximum absolute atomic E-state index is 13.5. The van der Waals surface area contributed by atoms with Crippen molar-refractivity contribution >= 4 is 29.1 Å². The molecule has 3 aromatic carbocycles. The molecule has 0 aliphatic carbocycles. The van der Waals surface area contributed by atoms with Crippen molar-refractivity contribution in [2.75, 3.05) is 19.1 Å². The standard InChI is InChI=1S/C30H29NO6/c1-17-14-19(3)29(37-5)23(15-17)27(33)25-26(22-9-7-6-8-18(22)2)31(30(35)28(25)34)21-12-10-20(11-13-21)16-24(32)36-4/h6-15,26,33H,16H2,1-5H3/b27-25+. The topological polar surface area (TPSA) is 93.1 Å². The molecule has 1 atom stereocenters. The highest BCUT2D eigenvalue weighted by Gasteiger charge is 2.47. The van der Waals surface area contributed by atoms with Gasteiger partial charge in [0.1, 0.15) is 11.5 Å². The normalized spacial score (nSPS) is 16.7. The number of aliphatic hydroxyl groups is 1. The van der Waals surface area contributed by atoms with Gasteiger partial charge in [-0.2, -0.15) is 0 Å². The quantitative estimate of drug-likeness (QED) is 0.223. The van der Waals surface area contributed by atoms with Gasteiger partial charge in [-0.3, -0.25) is 19.3 Å². The van der Waals surface area contributed by atoms with Gasteiger partial charge >= 0.3 is 5.97 Å². The van der Waals surface area contributed by atoms with E-state index in [1.807, 2.05) is 51.1 Å². The first-order valence-electron chi connectivity index (χ1n) is 11.9. The fourth-order valence-electron chi connectivity index (χ4n) is 4.85. The van der Waals surface area contributed by atoms with E-state index in [0.29, 0.717) is 28.1 Å². The van der Waals surface area contributed by atoms with Gasteiger partial charge < -0.3 is 14.6 Å². The van der Waals surface area contributed by atoms with Crippen LogP contribution >= 0.6 is 0 Å².